The van der Waals surface area contributed by atoms with Crippen LogP contribution in [0.2, 0.25) is 0 Å². The van der Waals surface area contributed by atoms with Crippen molar-refractivity contribution in [2.75, 3.05) is 0 Å². The Morgan fingerprint density at radius 3 is 3.00 bits per heavy atom. The normalized spacial score (nSPS) is 18.2. The first kappa shape index (κ1) is 10.2. The predicted octanol–water partition coefficient (Wildman–Crippen LogP) is 0.297. The number of amides is 1. The van der Waals surface area contributed by atoms with Gasteiger partial charge in [0.25, 0.3) is 0 Å². The summed E-state index contributed by atoms with van der Waals surface area (Å²) in [6.07, 6.45) is 6.88. The average Bonchev–Trinajstić information content (AvgIpc) is 2.64. The minimum atomic E-state index is -0.243. The first-order valence-electron chi connectivity index (χ1n) is 5.22. The molecule has 4 N–H and O–H groups in total. The van der Waals surface area contributed by atoms with E-state index in [0.29, 0.717) is 13.0 Å². The van der Waals surface area contributed by atoms with E-state index in [0.717, 1.165) is 25.1 Å². The Hall–Kier alpha value is -1.36. The lowest BCUT2D eigenvalue weighted by atomic mass is 9.75. The van der Waals surface area contributed by atoms with Gasteiger partial charge in [-0.25, -0.2) is 4.98 Å². The van der Waals surface area contributed by atoms with Crippen LogP contribution in [-0.4, -0.2) is 21.4 Å². The van der Waals surface area contributed by atoms with Crippen LogP contribution in [0.15, 0.2) is 12.4 Å². The minimum absolute atomic E-state index is 0.00796. The fourth-order valence-electron chi connectivity index (χ4n) is 1.77. The number of aromatic amines is 1. The fraction of sp³-hybridized carbons (Fsp3) is 0.600. The highest BCUT2D eigenvalue weighted by atomic mass is 16.1. The number of H-pyrrole nitrogens is 1. The molecule has 2 rings (SSSR count). The quantitative estimate of drug-likeness (QED) is 0.665. The molecule has 1 amide bonds. The molecule has 1 aromatic rings. The van der Waals surface area contributed by atoms with Crippen LogP contribution < -0.4 is 11.1 Å². The first-order chi connectivity index (χ1) is 7.18. The first-order valence-corrected chi connectivity index (χ1v) is 5.22. The Labute approximate surface area is 88.5 Å². The maximum Gasteiger partial charge on any atom is 0.222 e. The van der Waals surface area contributed by atoms with Gasteiger partial charge in [0, 0.05) is 24.4 Å². The van der Waals surface area contributed by atoms with Crippen molar-refractivity contribution in [2.24, 2.45) is 5.73 Å². The van der Waals surface area contributed by atoms with Crippen LogP contribution in [0.25, 0.3) is 0 Å². The minimum Gasteiger partial charge on any atom is -0.349 e. The highest BCUT2D eigenvalue weighted by Gasteiger charge is 2.34. The predicted molar refractivity (Wildman–Crippen MR) is 55.8 cm³/mol. The van der Waals surface area contributed by atoms with E-state index in [-0.39, 0.29) is 11.4 Å². The fourth-order valence-corrected chi connectivity index (χ4v) is 1.77. The van der Waals surface area contributed by atoms with Gasteiger partial charge >= 0.3 is 0 Å². The maximum atomic E-state index is 11.5. The summed E-state index contributed by atoms with van der Waals surface area (Å²) in [4.78, 5) is 18.5. The topological polar surface area (TPSA) is 83.8 Å². The Morgan fingerprint density at radius 1 is 1.67 bits per heavy atom. The Kier molecular flexibility index (Phi) is 2.73. The van der Waals surface area contributed by atoms with Crippen LogP contribution in [0.1, 0.15) is 31.5 Å². The van der Waals surface area contributed by atoms with E-state index in [4.69, 9.17) is 5.73 Å². The molecule has 0 saturated heterocycles. The molecule has 1 aromatic heterocycles. The number of carbonyl (C=O) groups excluding carboxylic acids is 1. The monoisotopic (exact) mass is 208 g/mol. The summed E-state index contributed by atoms with van der Waals surface area (Å²) in [6.45, 7) is 0.446. The highest BCUT2D eigenvalue weighted by molar-refractivity contribution is 5.77. The second kappa shape index (κ2) is 4.02. The summed E-state index contributed by atoms with van der Waals surface area (Å²) in [5.41, 5.74) is 5.73. The van der Waals surface area contributed by atoms with Crippen molar-refractivity contribution in [2.45, 2.75) is 37.8 Å². The molecule has 1 aliphatic rings. The molecule has 0 unspecified atom stereocenters. The number of hydrogen-bond acceptors (Lipinski definition) is 3. The summed E-state index contributed by atoms with van der Waals surface area (Å²) in [5.74, 6) is 0.775. The third-order valence-corrected chi connectivity index (χ3v) is 2.87. The molecular weight excluding hydrogens is 192 g/mol. The number of nitrogens with two attached hydrogens (primary N) is 1. The Bertz CT molecular complexity index is 329. The molecule has 5 heteroatoms. The van der Waals surface area contributed by atoms with Crippen LogP contribution in [0.4, 0.5) is 0 Å². The van der Waals surface area contributed by atoms with Gasteiger partial charge in [-0.2, -0.15) is 0 Å². The Balaban J connectivity index is 1.73. The summed E-state index contributed by atoms with van der Waals surface area (Å²) < 4.78 is 0. The highest BCUT2D eigenvalue weighted by Crippen LogP contribution is 2.31. The van der Waals surface area contributed by atoms with Crippen molar-refractivity contribution in [1.82, 2.24) is 15.3 Å². The molecule has 1 aliphatic carbocycles. The molecule has 0 radical (unpaired) electrons. The SMILES string of the molecule is NC1(CC(=O)NCc2ncc[nH]2)CCC1. The molecule has 0 aliphatic heterocycles. The number of nitrogens with one attached hydrogen (secondary N) is 2. The Morgan fingerprint density at radius 2 is 2.47 bits per heavy atom. The lowest BCUT2D eigenvalue weighted by Gasteiger charge is -2.37. The molecule has 82 valence electrons. The molecule has 0 aromatic carbocycles. The third kappa shape index (κ3) is 2.56. The molecule has 1 saturated carbocycles. The number of carbonyl (C=O) groups is 1. The van der Waals surface area contributed by atoms with Crippen molar-refractivity contribution < 1.29 is 4.79 Å². The van der Waals surface area contributed by atoms with Crippen molar-refractivity contribution in [1.29, 1.82) is 0 Å². The van der Waals surface area contributed by atoms with Crippen molar-refractivity contribution in [3.8, 4) is 0 Å². The van der Waals surface area contributed by atoms with Gasteiger partial charge in [0.2, 0.25) is 5.91 Å². The molecule has 0 spiro atoms. The van der Waals surface area contributed by atoms with E-state index < -0.39 is 0 Å². The standard InChI is InChI=1S/C10H16N4O/c11-10(2-1-3-10)6-9(15)14-7-8-12-4-5-13-8/h4-5H,1-3,6-7,11H2,(H,12,13)(H,14,15). The zero-order chi connectivity index (χ0) is 10.7. The van der Waals surface area contributed by atoms with Gasteiger partial charge in [0.05, 0.1) is 6.54 Å². The summed E-state index contributed by atoms with van der Waals surface area (Å²) in [7, 11) is 0. The van der Waals surface area contributed by atoms with Gasteiger partial charge in [-0.3, -0.25) is 4.79 Å². The number of hydrogen-bond donors (Lipinski definition) is 3. The smallest absolute Gasteiger partial charge is 0.222 e. The molecule has 15 heavy (non-hydrogen) atoms. The van der Waals surface area contributed by atoms with E-state index in [9.17, 15) is 4.79 Å². The number of aromatic nitrogens is 2. The zero-order valence-corrected chi connectivity index (χ0v) is 8.62. The van der Waals surface area contributed by atoms with E-state index in [1.807, 2.05) is 0 Å². The second-order valence-electron chi connectivity index (χ2n) is 4.21. The van der Waals surface area contributed by atoms with Crippen LogP contribution in [0.5, 0.6) is 0 Å². The summed E-state index contributed by atoms with van der Waals surface area (Å²) >= 11 is 0. The van der Waals surface area contributed by atoms with Gasteiger partial charge in [0.1, 0.15) is 5.82 Å². The van der Waals surface area contributed by atoms with Crippen molar-refractivity contribution in [3.05, 3.63) is 18.2 Å². The van der Waals surface area contributed by atoms with Gasteiger partial charge in [-0.05, 0) is 19.3 Å². The van der Waals surface area contributed by atoms with Crippen LogP contribution in [0, 0.1) is 0 Å². The molecule has 1 fully saturated rings. The van der Waals surface area contributed by atoms with Crippen LogP contribution in [-0.2, 0) is 11.3 Å². The van der Waals surface area contributed by atoms with Gasteiger partial charge in [-0.1, -0.05) is 0 Å². The lowest BCUT2D eigenvalue weighted by Crippen LogP contribution is -2.49. The maximum absolute atomic E-state index is 11.5. The molecule has 0 atom stereocenters. The van der Waals surface area contributed by atoms with Crippen molar-refractivity contribution >= 4 is 5.91 Å². The molecule has 1 heterocycles. The second-order valence-corrected chi connectivity index (χ2v) is 4.21. The molecular formula is C10H16N4O. The lowest BCUT2D eigenvalue weighted by molar-refractivity contribution is -0.123. The molecule has 5 nitrogen and oxygen atoms in total. The van der Waals surface area contributed by atoms with Gasteiger partial charge in [-0.15, -0.1) is 0 Å². The molecule has 0 bridgehead atoms. The van der Waals surface area contributed by atoms with E-state index in [2.05, 4.69) is 15.3 Å². The largest absolute Gasteiger partial charge is 0.349 e. The number of imidazole rings is 1. The van der Waals surface area contributed by atoms with Gasteiger partial charge in [0.15, 0.2) is 0 Å². The van der Waals surface area contributed by atoms with E-state index in [1.165, 1.54) is 0 Å². The average molecular weight is 208 g/mol. The number of nitrogens with zero attached hydrogens (tertiary/aromatic N) is 1. The van der Waals surface area contributed by atoms with Crippen LogP contribution >= 0.6 is 0 Å². The van der Waals surface area contributed by atoms with E-state index >= 15 is 0 Å². The summed E-state index contributed by atoms with van der Waals surface area (Å²) in [5, 5.41) is 2.80. The van der Waals surface area contributed by atoms with Gasteiger partial charge < -0.3 is 16.0 Å². The summed E-state index contributed by atoms with van der Waals surface area (Å²) in [6, 6.07) is 0. The van der Waals surface area contributed by atoms with E-state index in [1.54, 1.807) is 12.4 Å². The zero-order valence-electron chi connectivity index (χ0n) is 8.62. The third-order valence-electron chi connectivity index (χ3n) is 2.87. The van der Waals surface area contributed by atoms with Crippen molar-refractivity contribution in [3.63, 3.8) is 0 Å². The van der Waals surface area contributed by atoms with Crippen LogP contribution in [0.3, 0.4) is 0 Å². The number of rotatable bonds is 4.